The summed E-state index contributed by atoms with van der Waals surface area (Å²) in [7, 11) is -1.58. The Kier molecular flexibility index (Phi) is 5.55. The van der Waals surface area contributed by atoms with Crippen LogP contribution in [0.5, 0.6) is 0 Å². The summed E-state index contributed by atoms with van der Waals surface area (Å²) >= 11 is 0. The zero-order valence-electron chi connectivity index (χ0n) is 9.83. The lowest BCUT2D eigenvalue weighted by atomic mass is 10.2. The summed E-state index contributed by atoms with van der Waals surface area (Å²) in [4.78, 5) is 11.0. The van der Waals surface area contributed by atoms with Crippen LogP contribution in [0.3, 0.4) is 0 Å². The van der Waals surface area contributed by atoms with Gasteiger partial charge < -0.3 is 23.6 Å². The maximum absolute atomic E-state index is 12.0. The monoisotopic (exact) mass is 268 g/mol. The summed E-state index contributed by atoms with van der Waals surface area (Å²) in [5.41, 5.74) is 0. The van der Waals surface area contributed by atoms with E-state index in [0.29, 0.717) is 13.0 Å². The van der Waals surface area contributed by atoms with Gasteiger partial charge in [0.2, 0.25) is 0 Å². The first kappa shape index (κ1) is 14.6. The Morgan fingerprint density at radius 1 is 1.41 bits per heavy atom. The first-order valence-corrected chi connectivity index (χ1v) is 6.85. The highest BCUT2D eigenvalue weighted by Crippen LogP contribution is 2.52. The van der Waals surface area contributed by atoms with Crippen molar-refractivity contribution in [3.05, 3.63) is 0 Å². The van der Waals surface area contributed by atoms with Gasteiger partial charge in [-0.25, -0.2) is 4.79 Å². The number of carbonyl (C=O) groups is 1. The van der Waals surface area contributed by atoms with Gasteiger partial charge in [-0.3, -0.25) is 4.57 Å². The topological polar surface area (TPSA) is 91.3 Å². The smallest absolute Gasteiger partial charge is 0.370 e. The molecular formula is C9H17O7P. The molecule has 1 heterocycles. The number of hydrogen-bond acceptors (Lipinski definition) is 6. The Morgan fingerprint density at radius 2 is 2.06 bits per heavy atom. The summed E-state index contributed by atoms with van der Waals surface area (Å²) in [6.45, 7) is 0.501. The van der Waals surface area contributed by atoms with E-state index in [0.717, 1.165) is 27.1 Å². The van der Waals surface area contributed by atoms with Crippen LogP contribution in [-0.2, 0) is 27.9 Å². The van der Waals surface area contributed by atoms with E-state index in [4.69, 9.17) is 14.6 Å². The Bertz CT molecular complexity index is 292. The van der Waals surface area contributed by atoms with E-state index in [1.54, 1.807) is 0 Å². The van der Waals surface area contributed by atoms with Crippen molar-refractivity contribution in [1.29, 1.82) is 0 Å². The minimum absolute atomic E-state index is 0.501. The zero-order chi connectivity index (χ0) is 12.9. The molecule has 0 aromatic heterocycles. The molecule has 0 radical (unpaired) electrons. The molecule has 8 heteroatoms. The minimum Gasteiger partial charge on any atom is -0.479 e. The molecule has 1 aliphatic heterocycles. The van der Waals surface area contributed by atoms with Gasteiger partial charge in [-0.15, -0.1) is 0 Å². The summed E-state index contributed by atoms with van der Waals surface area (Å²) in [5.74, 6) is -3.06. The lowest BCUT2D eigenvalue weighted by Gasteiger charge is -2.28. The maximum Gasteiger partial charge on any atom is 0.370 e. The van der Waals surface area contributed by atoms with Gasteiger partial charge in [0.15, 0.2) is 6.29 Å². The highest BCUT2D eigenvalue weighted by Gasteiger charge is 2.43. The highest BCUT2D eigenvalue weighted by atomic mass is 31.2. The normalized spacial score (nSPS) is 23.3. The van der Waals surface area contributed by atoms with Crippen LogP contribution in [0.4, 0.5) is 0 Å². The zero-order valence-corrected chi connectivity index (χ0v) is 10.7. The molecule has 0 bridgehead atoms. The van der Waals surface area contributed by atoms with Crippen LogP contribution < -0.4 is 0 Å². The van der Waals surface area contributed by atoms with Crippen LogP contribution >= 0.6 is 7.60 Å². The Hall–Kier alpha value is -0.460. The largest absolute Gasteiger partial charge is 0.479 e. The van der Waals surface area contributed by atoms with Gasteiger partial charge in [0.05, 0.1) is 0 Å². The summed E-state index contributed by atoms with van der Waals surface area (Å²) < 4.78 is 31.6. The third-order valence-corrected chi connectivity index (χ3v) is 4.36. The van der Waals surface area contributed by atoms with Crippen LogP contribution in [0.1, 0.15) is 19.3 Å². The summed E-state index contributed by atoms with van der Waals surface area (Å²) in [6.07, 6.45) is 1.67. The van der Waals surface area contributed by atoms with Crippen molar-refractivity contribution in [2.75, 3.05) is 20.8 Å². The minimum atomic E-state index is -3.82. The van der Waals surface area contributed by atoms with E-state index in [2.05, 4.69) is 9.05 Å². The van der Waals surface area contributed by atoms with Crippen molar-refractivity contribution in [2.45, 2.75) is 31.4 Å². The molecule has 0 amide bonds. The fourth-order valence-electron chi connectivity index (χ4n) is 1.50. The molecule has 0 aromatic rings. The molecule has 2 atom stereocenters. The van der Waals surface area contributed by atoms with Crippen molar-refractivity contribution in [1.82, 2.24) is 0 Å². The van der Waals surface area contributed by atoms with Crippen LogP contribution in [0.25, 0.3) is 0 Å². The second kappa shape index (κ2) is 6.47. The molecule has 1 aliphatic rings. The molecule has 17 heavy (non-hydrogen) atoms. The molecule has 2 unspecified atom stereocenters. The van der Waals surface area contributed by atoms with Crippen molar-refractivity contribution in [3.8, 4) is 0 Å². The van der Waals surface area contributed by atoms with Crippen LogP contribution in [0.15, 0.2) is 0 Å². The van der Waals surface area contributed by atoms with E-state index >= 15 is 0 Å². The fraction of sp³-hybridized carbons (Fsp3) is 0.889. The van der Waals surface area contributed by atoms with Gasteiger partial charge in [-0.1, -0.05) is 0 Å². The van der Waals surface area contributed by atoms with Crippen LogP contribution in [0, 0.1) is 0 Å². The van der Waals surface area contributed by atoms with Crippen LogP contribution in [-0.4, -0.2) is 44.0 Å². The molecule has 0 spiro atoms. The quantitative estimate of drug-likeness (QED) is 0.728. The number of ether oxygens (including phenoxy) is 2. The number of rotatable bonds is 6. The van der Waals surface area contributed by atoms with Crippen molar-refractivity contribution >= 4 is 13.6 Å². The molecule has 1 rings (SSSR count). The molecular weight excluding hydrogens is 251 g/mol. The van der Waals surface area contributed by atoms with Gasteiger partial charge in [0.1, 0.15) is 0 Å². The molecule has 1 N–H and O–H groups in total. The van der Waals surface area contributed by atoms with Gasteiger partial charge in [0.25, 0.3) is 5.85 Å². The Morgan fingerprint density at radius 3 is 2.47 bits per heavy atom. The van der Waals surface area contributed by atoms with E-state index < -0.39 is 25.7 Å². The third-order valence-electron chi connectivity index (χ3n) is 2.43. The molecule has 1 fully saturated rings. The Balaban J connectivity index is 2.71. The average Bonchev–Trinajstić information content (AvgIpc) is 2.36. The second-order valence-electron chi connectivity index (χ2n) is 3.53. The SMILES string of the molecule is COP(=O)(OC)C(OC1CCCCO1)C(=O)O. The van der Waals surface area contributed by atoms with Gasteiger partial charge >= 0.3 is 13.6 Å². The van der Waals surface area contributed by atoms with Gasteiger partial charge in [0, 0.05) is 20.8 Å². The molecule has 0 aliphatic carbocycles. The van der Waals surface area contributed by atoms with E-state index in [1.165, 1.54) is 0 Å². The van der Waals surface area contributed by atoms with E-state index in [-0.39, 0.29) is 0 Å². The fourth-order valence-corrected chi connectivity index (χ4v) is 2.58. The maximum atomic E-state index is 12.0. The predicted molar refractivity (Wildman–Crippen MR) is 57.7 cm³/mol. The van der Waals surface area contributed by atoms with Crippen LogP contribution in [0.2, 0.25) is 0 Å². The highest BCUT2D eigenvalue weighted by molar-refractivity contribution is 7.55. The Labute approximate surface area is 99.5 Å². The molecule has 7 nitrogen and oxygen atoms in total. The number of hydrogen-bond donors (Lipinski definition) is 1. The summed E-state index contributed by atoms with van der Waals surface area (Å²) in [5, 5.41) is 8.99. The second-order valence-corrected chi connectivity index (χ2v) is 5.81. The number of carboxylic acid groups (broad SMARTS) is 1. The van der Waals surface area contributed by atoms with Crippen molar-refractivity contribution in [3.63, 3.8) is 0 Å². The first-order chi connectivity index (χ1) is 8.03. The predicted octanol–water partition coefficient (Wildman–Crippen LogP) is 1.43. The number of aliphatic carboxylic acids is 1. The van der Waals surface area contributed by atoms with Crippen molar-refractivity contribution < 1.29 is 33.0 Å². The van der Waals surface area contributed by atoms with E-state index in [9.17, 15) is 9.36 Å². The molecule has 100 valence electrons. The molecule has 1 saturated heterocycles. The third kappa shape index (κ3) is 3.76. The average molecular weight is 268 g/mol. The number of carboxylic acids is 1. The van der Waals surface area contributed by atoms with E-state index in [1.807, 2.05) is 0 Å². The lowest BCUT2D eigenvalue weighted by Crippen LogP contribution is -2.33. The van der Waals surface area contributed by atoms with Crippen molar-refractivity contribution in [2.24, 2.45) is 0 Å². The molecule has 0 aromatic carbocycles. The van der Waals surface area contributed by atoms with Gasteiger partial charge in [-0.2, -0.15) is 0 Å². The first-order valence-electron chi connectivity index (χ1n) is 5.24. The lowest BCUT2D eigenvalue weighted by molar-refractivity contribution is -0.189. The standard InChI is InChI=1S/C9H17O7P/c1-13-17(12,14-2)9(8(10)11)16-7-5-3-4-6-15-7/h7,9H,3-6H2,1-2H3,(H,10,11). The summed E-state index contributed by atoms with van der Waals surface area (Å²) in [6, 6.07) is 0. The molecule has 0 saturated carbocycles. The van der Waals surface area contributed by atoms with Gasteiger partial charge in [-0.05, 0) is 19.3 Å².